The number of guanidine groups is 1. The zero-order chi connectivity index (χ0) is 17.6. The third-order valence-electron chi connectivity index (χ3n) is 4.73. The molecule has 0 aliphatic carbocycles. The van der Waals surface area contributed by atoms with Crippen LogP contribution in [0.5, 0.6) is 0 Å². The van der Waals surface area contributed by atoms with Gasteiger partial charge < -0.3 is 15.5 Å². The van der Waals surface area contributed by atoms with Crippen LogP contribution in [0.3, 0.4) is 0 Å². The third kappa shape index (κ3) is 4.10. The molecule has 1 unspecified atom stereocenters. The van der Waals surface area contributed by atoms with Crippen molar-refractivity contribution in [3.05, 3.63) is 48.0 Å². The lowest BCUT2D eigenvalue weighted by Crippen LogP contribution is -2.44. The normalized spacial score (nSPS) is 17.8. The predicted octanol–water partition coefficient (Wildman–Crippen LogP) is 2.52. The Morgan fingerprint density at radius 3 is 2.84 bits per heavy atom. The van der Waals surface area contributed by atoms with Crippen LogP contribution in [0.4, 0.5) is 0 Å². The van der Waals surface area contributed by atoms with E-state index in [9.17, 15) is 4.79 Å². The Kier molecular flexibility index (Phi) is 5.53. The Labute approximate surface area is 149 Å². The highest BCUT2D eigenvalue weighted by molar-refractivity contribution is 5.86. The molecule has 132 valence electrons. The van der Waals surface area contributed by atoms with Gasteiger partial charge in [-0.15, -0.1) is 0 Å². The van der Waals surface area contributed by atoms with Crippen LogP contribution in [0, 0.1) is 0 Å². The summed E-state index contributed by atoms with van der Waals surface area (Å²) >= 11 is 0. The average molecular weight is 338 g/mol. The molecule has 1 aliphatic rings. The van der Waals surface area contributed by atoms with Crippen molar-refractivity contribution in [1.82, 2.24) is 15.5 Å². The number of fused-ring (bicyclic) bond motifs is 1. The average Bonchev–Trinajstić information content (AvgIpc) is 3.13. The van der Waals surface area contributed by atoms with E-state index in [-0.39, 0.29) is 11.9 Å². The monoisotopic (exact) mass is 338 g/mol. The van der Waals surface area contributed by atoms with Gasteiger partial charge in [-0.2, -0.15) is 0 Å². The number of carbonyl (C=O) groups is 1. The minimum absolute atomic E-state index is 0.225. The van der Waals surface area contributed by atoms with E-state index in [0.717, 1.165) is 25.5 Å². The van der Waals surface area contributed by atoms with Crippen molar-refractivity contribution in [3.63, 3.8) is 0 Å². The summed E-state index contributed by atoms with van der Waals surface area (Å²) in [5.41, 5.74) is 1.25. The quantitative estimate of drug-likeness (QED) is 0.665. The first-order valence-corrected chi connectivity index (χ1v) is 8.93. The van der Waals surface area contributed by atoms with Crippen LogP contribution in [0.2, 0.25) is 0 Å². The minimum Gasteiger partial charge on any atom is -0.352 e. The first-order valence-electron chi connectivity index (χ1n) is 8.93. The smallest absolute Gasteiger partial charge is 0.222 e. The Morgan fingerprint density at radius 2 is 2.04 bits per heavy atom. The maximum atomic E-state index is 11.8. The number of rotatable bonds is 4. The summed E-state index contributed by atoms with van der Waals surface area (Å²) < 4.78 is 0. The Bertz CT molecular complexity index is 766. The van der Waals surface area contributed by atoms with E-state index < -0.39 is 0 Å². The van der Waals surface area contributed by atoms with Crippen molar-refractivity contribution < 1.29 is 4.79 Å². The largest absolute Gasteiger partial charge is 0.352 e. The first kappa shape index (κ1) is 17.3. The molecule has 0 saturated carbocycles. The summed E-state index contributed by atoms with van der Waals surface area (Å²) in [5, 5.41) is 9.34. The maximum Gasteiger partial charge on any atom is 0.222 e. The molecule has 0 bridgehead atoms. The summed E-state index contributed by atoms with van der Waals surface area (Å²) in [6, 6.07) is 15.0. The number of amides is 1. The summed E-state index contributed by atoms with van der Waals surface area (Å²) in [6.45, 7) is 4.20. The van der Waals surface area contributed by atoms with Crippen molar-refractivity contribution in [3.8, 4) is 0 Å². The van der Waals surface area contributed by atoms with Crippen LogP contribution in [-0.4, -0.2) is 42.9 Å². The maximum absolute atomic E-state index is 11.8. The summed E-state index contributed by atoms with van der Waals surface area (Å²) in [5.74, 6) is 1.01. The highest BCUT2D eigenvalue weighted by Crippen LogP contribution is 2.18. The fourth-order valence-corrected chi connectivity index (χ4v) is 3.34. The lowest BCUT2D eigenvalue weighted by molar-refractivity contribution is -0.129. The van der Waals surface area contributed by atoms with E-state index in [1.54, 1.807) is 7.05 Å². The molecule has 25 heavy (non-hydrogen) atoms. The number of hydrogen-bond acceptors (Lipinski definition) is 2. The van der Waals surface area contributed by atoms with E-state index in [2.05, 4.69) is 58.1 Å². The Hall–Kier alpha value is -2.56. The lowest BCUT2D eigenvalue weighted by Gasteiger charge is -2.19. The van der Waals surface area contributed by atoms with Crippen LogP contribution in [0.15, 0.2) is 47.5 Å². The molecule has 5 heteroatoms. The molecule has 1 amide bonds. The molecule has 5 nitrogen and oxygen atoms in total. The molecule has 3 rings (SSSR count). The molecule has 0 aromatic heterocycles. The molecule has 0 spiro atoms. The third-order valence-corrected chi connectivity index (χ3v) is 4.73. The molecule has 1 saturated heterocycles. The number of likely N-dealkylation sites (tertiary alicyclic amines) is 1. The summed E-state index contributed by atoms with van der Waals surface area (Å²) in [4.78, 5) is 18.1. The molecule has 2 aromatic rings. The number of carbonyl (C=O) groups excluding carboxylic acids is 1. The molecule has 1 aliphatic heterocycles. The van der Waals surface area contributed by atoms with Crippen molar-refractivity contribution in [2.24, 2.45) is 4.99 Å². The number of nitrogens with one attached hydrogen (secondary N) is 2. The molecular formula is C20H26N4O. The molecule has 2 aromatic carbocycles. The molecular weight excluding hydrogens is 312 g/mol. The van der Waals surface area contributed by atoms with Gasteiger partial charge in [0.15, 0.2) is 5.96 Å². The second-order valence-electron chi connectivity index (χ2n) is 6.39. The highest BCUT2D eigenvalue weighted by Gasteiger charge is 2.25. The minimum atomic E-state index is 0.225. The van der Waals surface area contributed by atoms with Gasteiger partial charge in [0.05, 0.1) is 0 Å². The Balaban J connectivity index is 1.59. The zero-order valence-corrected chi connectivity index (χ0v) is 15.0. The van der Waals surface area contributed by atoms with Gasteiger partial charge in [-0.05, 0) is 22.8 Å². The van der Waals surface area contributed by atoms with Crippen molar-refractivity contribution in [2.45, 2.75) is 32.4 Å². The van der Waals surface area contributed by atoms with Crippen LogP contribution in [-0.2, 0) is 11.3 Å². The van der Waals surface area contributed by atoms with Gasteiger partial charge in [0.2, 0.25) is 5.91 Å². The van der Waals surface area contributed by atoms with Crippen LogP contribution >= 0.6 is 0 Å². The Morgan fingerprint density at radius 1 is 1.24 bits per heavy atom. The van der Waals surface area contributed by atoms with Gasteiger partial charge in [-0.25, -0.2) is 0 Å². The van der Waals surface area contributed by atoms with E-state index in [0.29, 0.717) is 13.0 Å². The van der Waals surface area contributed by atoms with Gasteiger partial charge in [0.1, 0.15) is 0 Å². The predicted molar refractivity (Wildman–Crippen MR) is 103 cm³/mol. The van der Waals surface area contributed by atoms with Crippen LogP contribution in [0.1, 0.15) is 25.3 Å². The summed E-state index contributed by atoms with van der Waals surface area (Å²) in [6.07, 6.45) is 1.53. The van der Waals surface area contributed by atoms with Gasteiger partial charge in [-0.1, -0.05) is 49.4 Å². The van der Waals surface area contributed by atoms with Gasteiger partial charge in [0.25, 0.3) is 0 Å². The van der Waals surface area contributed by atoms with E-state index >= 15 is 0 Å². The van der Waals surface area contributed by atoms with Crippen molar-refractivity contribution in [1.29, 1.82) is 0 Å². The van der Waals surface area contributed by atoms with Gasteiger partial charge in [-0.3, -0.25) is 9.79 Å². The van der Waals surface area contributed by atoms with E-state index in [1.807, 2.05) is 11.8 Å². The lowest BCUT2D eigenvalue weighted by atomic mass is 10.0. The van der Waals surface area contributed by atoms with Crippen LogP contribution in [0.25, 0.3) is 10.8 Å². The first-order chi connectivity index (χ1) is 12.2. The molecule has 1 atom stereocenters. The fraction of sp³-hybridized carbons (Fsp3) is 0.400. The standard InChI is InChI=1S/C20H26N4O/c1-3-19(25)24-12-11-17(14-24)23-20(21-2)22-13-16-9-6-8-15-7-4-5-10-18(15)16/h4-10,17H,3,11-14H2,1-2H3,(H2,21,22,23). The van der Waals surface area contributed by atoms with Crippen molar-refractivity contribution in [2.75, 3.05) is 20.1 Å². The highest BCUT2D eigenvalue weighted by atomic mass is 16.2. The molecule has 1 heterocycles. The van der Waals surface area contributed by atoms with Gasteiger partial charge >= 0.3 is 0 Å². The topological polar surface area (TPSA) is 56.7 Å². The SMILES string of the molecule is CCC(=O)N1CCC(NC(=NC)NCc2cccc3ccccc23)C1. The van der Waals surface area contributed by atoms with Crippen LogP contribution < -0.4 is 10.6 Å². The van der Waals surface area contributed by atoms with Gasteiger partial charge in [0, 0.05) is 39.1 Å². The second kappa shape index (κ2) is 8.01. The zero-order valence-electron chi connectivity index (χ0n) is 15.0. The number of hydrogen-bond donors (Lipinski definition) is 2. The molecule has 0 radical (unpaired) electrons. The molecule has 1 fully saturated rings. The fourth-order valence-electron chi connectivity index (χ4n) is 3.34. The molecule has 2 N–H and O–H groups in total. The van der Waals surface area contributed by atoms with E-state index in [4.69, 9.17) is 0 Å². The number of benzene rings is 2. The van der Waals surface area contributed by atoms with Crippen molar-refractivity contribution >= 4 is 22.6 Å². The second-order valence-corrected chi connectivity index (χ2v) is 6.39. The summed E-state index contributed by atoms with van der Waals surface area (Å²) in [7, 11) is 1.78. The number of nitrogens with zero attached hydrogens (tertiary/aromatic N) is 2. The van der Waals surface area contributed by atoms with E-state index in [1.165, 1.54) is 16.3 Å². The number of aliphatic imine (C=N–C) groups is 1.